The molecule has 2 rings (SSSR count). The van der Waals surface area contributed by atoms with Crippen molar-refractivity contribution in [3.05, 3.63) is 17.0 Å². The van der Waals surface area contributed by atoms with Crippen molar-refractivity contribution in [2.75, 3.05) is 5.75 Å². The van der Waals surface area contributed by atoms with E-state index in [1.54, 1.807) is 0 Å². The van der Waals surface area contributed by atoms with E-state index in [0.717, 1.165) is 29.6 Å². The van der Waals surface area contributed by atoms with Crippen molar-refractivity contribution < 1.29 is 0 Å². The summed E-state index contributed by atoms with van der Waals surface area (Å²) < 4.78 is 1.93. The van der Waals surface area contributed by atoms with Crippen LogP contribution in [0.25, 0.3) is 0 Å². The summed E-state index contributed by atoms with van der Waals surface area (Å²) in [6, 6.07) is 0.592. The molecule has 2 heterocycles. The highest BCUT2D eigenvalue weighted by molar-refractivity contribution is 8.14. The van der Waals surface area contributed by atoms with Crippen LogP contribution in [0.4, 0.5) is 0 Å². The molecule has 1 aromatic heterocycles. The number of hydrogen-bond acceptors (Lipinski definition) is 3. The fourth-order valence-corrected chi connectivity index (χ4v) is 3.03. The number of thioether (sulfide) groups is 1. The first-order valence-corrected chi connectivity index (χ1v) is 7.03. The van der Waals surface area contributed by atoms with Gasteiger partial charge in [0.15, 0.2) is 5.17 Å². The molecular weight excluding hydrogens is 232 g/mol. The molecule has 1 N–H and O–H groups in total. The van der Waals surface area contributed by atoms with Crippen molar-refractivity contribution in [3.63, 3.8) is 0 Å². The number of rotatable bonds is 3. The van der Waals surface area contributed by atoms with Crippen LogP contribution in [0.5, 0.6) is 0 Å². The molecule has 17 heavy (non-hydrogen) atoms. The molecule has 1 saturated heterocycles. The second-order valence-electron chi connectivity index (χ2n) is 4.45. The molecule has 0 aliphatic carbocycles. The number of nitrogens with one attached hydrogen (secondary N) is 1. The Balaban J connectivity index is 2.05. The Morgan fingerprint density at radius 2 is 2.29 bits per heavy atom. The predicted octanol–water partition coefficient (Wildman–Crippen LogP) is 2.01. The lowest BCUT2D eigenvalue weighted by Crippen LogP contribution is -2.25. The van der Waals surface area contributed by atoms with Crippen molar-refractivity contribution in [2.24, 2.45) is 12.0 Å². The molecule has 0 saturated carbocycles. The summed E-state index contributed by atoms with van der Waals surface area (Å²) in [4.78, 5) is 4.64. The van der Waals surface area contributed by atoms with Crippen molar-refractivity contribution in [1.29, 1.82) is 0 Å². The Hall–Kier alpha value is -0.970. The van der Waals surface area contributed by atoms with Crippen LogP contribution < -0.4 is 5.32 Å². The molecule has 1 aliphatic rings. The molecule has 0 spiro atoms. The molecule has 1 atom stereocenters. The molecule has 0 amide bonds. The second kappa shape index (κ2) is 5.12. The van der Waals surface area contributed by atoms with E-state index < -0.39 is 0 Å². The average Bonchev–Trinajstić information content (AvgIpc) is 2.84. The summed E-state index contributed by atoms with van der Waals surface area (Å²) in [5, 5.41) is 8.93. The normalized spacial score (nSPS) is 22.1. The molecule has 1 aliphatic heterocycles. The molecule has 1 fully saturated rings. The van der Waals surface area contributed by atoms with Gasteiger partial charge < -0.3 is 5.32 Å². The van der Waals surface area contributed by atoms with Gasteiger partial charge in [0.25, 0.3) is 0 Å². The maximum atomic E-state index is 4.64. The van der Waals surface area contributed by atoms with Crippen LogP contribution >= 0.6 is 11.8 Å². The van der Waals surface area contributed by atoms with Crippen LogP contribution in [-0.4, -0.2) is 26.7 Å². The lowest BCUT2D eigenvalue weighted by Gasteiger charge is -2.04. The van der Waals surface area contributed by atoms with E-state index >= 15 is 0 Å². The van der Waals surface area contributed by atoms with Crippen molar-refractivity contribution in [1.82, 2.24) is 15.1 Å². The Labute approximate surface area is 107 Å². The third-order valence-corrected chi connectivity index (χ3v) is 4.37. The Morgan fingerprint density at radius 3 is 2.82 bits per heavy atom. The lowest BCUT2D eigenvalue weighted by molar-refractivity contribution is 0.666. The van der Waals surface area contributed by atoms with E-state index in [1.165, 1.54) is 11.3 Å². The standard InChI is InChI=1S/C12H20N4S/c1-5-10-7-17-12(14-10)13-6-11-8(2)15-16(4)9(11)3/h10H,5-7H2,1-4H3,(H,13,14). The van der Waals surface area contributed by atoms with Crippen molar-refractivity contribution >= 4 is 16.9 Å². The molecule has 0 bridgehead atoms. The van der Waals surface area contributed by atoms with Gasteiger partial charge in [0.05, 0.1) is 12.2 Å². The van der Waals surface area contributed by atoms with E-state index in [4.69, 9.17) is 0 Å². The monoisotopic (exact) mass is 252 g/mol. The summed E-state index contributed by atoms with van der Waals surface area (Å²) in [6.45, 7) is 7.08. The summed E-state index contributed by atoms with van der Waals surface area (Å²) in [5.41, 5.74) is 3.55. The minimum Gasteiger partial charge on any atom is -0.361 e. The maximum absolute atomic E-state index is 4.64. The summed E-state index contributed by atoms with van der Waals surface area (Å²) in [7, 11) is 1.98. The van der Waals surface area contributed by atoms with Gasteiger partial charge in [-0.1, -0.05) is 18.7 Å². The van der Waals surface area contributed by atoms with Crippen LogP contribution in [0.3, 0.4) is 0 Å². The minimum absolute atomic E-state index is 0.592. The highest BCUT2D eigenvalue weighted by Gasteiger charge is 2.18. The fraction of sp³-hybridized carbons (Fsp3) is 0.667. The van der Waals surface area contributed by atoms with E-state index in [2.05, 4.69) is 29.3 Å². The van der Waals surface area contributed by atoms with Gasteiger partial charge >= 0.3 is 0 Å². The third kappa shape index (κ3) is 2.65. The molecule has 0 radical (unpaired) electrons. The molecule has 94 valence electrons. The highest BCUT2D eigenvalue weighted by atomic mass is 32.2. The topological polar surface area (TPSA) is 42.2 Å². The smallest absolute Gasteiger partial charge is 0.157 e. The Bertz CT molecular complexity index is 436. The minimum atomic E-state index is 0.592. The largest absolute Gasteiger partial charge is 0.361 e. The Morgan fingerprint density at radius 1 is 1.53 bits per heavy atom. The molecular formula is C12H20N4S. The molecule has 0 aromatic carbocycles. The van der Waals surface area contributed by atoms with Crippen LogP contribution in [0, 0.1) is 13.8 Å². The number of nitrogens with zero attached hydrogens (tertiary/aromatic N) is 3. The van der Waals surface area contributed by atoms with Crippen molar-refractivity contribution in [2.45, 2.75) is 39.8 Å². The maximum Gasteiger partial charge on any atom is 0.157 e. The van der Waals surface area contributed by atoms with Gasteiger partial charge in [-0.3, -0.25) is 9.67 Å². The predicted molar refractivity (Wildman–Crippen MR) is 73.5 cm³/mol. The SMILES string of the molecule is CCC1CSC(=NCc2c(C)nn(C)c2C)N1. The molecule has 1 aromatic rings. The van der Waals surface area contributed by atoms with Crippen LogP contribution in [0.15, 0.2) is 4.99 Å². The zero-order chi connectivity index (χ0) is 12.4. The lowest BCUT2D eigenvalue weighted by atomic mass is 10.2. The van der Waals surface area contributed by atoms with Gasteiger partial charge in [-0.25, -0.2) is 0 Å². The van der Waals surface area contributed by atoms with Gasteiger partial charge in [-0.15, -0.1) is 0 Å². The summed E-state index contributed by atoms with van der Waals surface area (Å²) >= 11 is 1.82. The van der Waals surface area contributed by atoms with Gasteiger partial charge in [-0.2, -0.15) is 5.10 Å². The Kier molecular flexibility index (Phi) is 3.76. The molecule has 1 unspecified atom stereocenters. The number of aryl methyl sites for hydroxylation is 2. The number of amidine groups is 1. The second-order valence-corrected chi connectivity index (χ2v) is 5.46. The van der Waals surface area contributed by atoms with Gasteiger partial charge in [0, 0.05) is 30.1 Å². The molecule has 5 heteroatoms. The zero-order valence-corrected chi connectivity index (χ0v) is 11.8. The average molecular weight is 252 g/mol. The number of aromatic nitrogens is 2. The zero-order valence-electron chi connectivity index (χ0n) is 10.9. The first-order chi connectivity index (χ1) is 8.11. The fourth-order valence-electron chi connectivity index (χ4n) is 1.95. The van der Waals surface area contributed by atoms with E-state index in [0.29, 0.717) is 6.04 Å². The third-order valence-electron chi connectivity index (χ3n) is 3.28. The highest BCUT2D eigenvalue weighted by Crippen LogP contribution is 2.18. The number of aliphatic imine (C=N–C) groups is 1. The number of hydrogen-bond donors (Lipinski definition) is 1. The quantitative estimate of drug-likeness (QED) is 0.895. The van der Waals surface area contributed by atoms with Gasteiger partial charge in [0.2, 0.25) is 0 Å². The van der Waals surface area contributed by atoms with E-state index in [1.807, 2.05) is 30.4 Å². The van der Waals surface area contributed by atoms with Crippen LogP contribution in [0.1, 0.15) is 30.3 Å². The van der Waals surface area contributed by atoms with E-state index in [-0.39, 0.29) is 0 Å². The van der Waals surface area contributed by atoms with Gasteiger partial charge in [0.1, 0.15) is 0 Å². The molecule has 4 nitrogen and oxygen atoms in total. The van der Waals surface area contributed by atoms with Gasteiger partial charge in [-0.05, 0) is 20.3 Å². The van der Waals surface area contributed by atoms with Crippen LogP contribution in [0.2, 0.25) is 0 Å². The van der Waals surface area contributed by atoms with Crippen LogP contribution in [-0.2, 0) is 13.6 Å². The first-order valence-electron chi connectivity index (χ1n) is 6.04. The summed E-state index contributed by atoms with van der Waals surface area (Å²) in [5.74, 6) is 1.14. The van der Waals surface area contributed by atoms with Crippen molar-refractivity contribution in [3.8, 4) is 0 Å². The van der Waals surface area contributed by atoms with E-state index in [9.17, 15) is 0 Å². The summed E-state index contributed by atoms with van der Waals surface area (Å²) in [6.07, 6.45) is 1.16. The first kappa shape index (κ1) is 12.5.